The molecular weight excluding hydrogens is 365 g/mol. The predicted molar refractivity (Wildman–Crippen MR) is 109 cm³/mol. The van der Waals surface area contributed by atoms with Crippen LogP contribution in [-0.4, -0.2) is 49.1 Å². The summed E-state index contributed by atoms with van der Waals surface area (Å²) in [7, 11) is -2.88. The smallest absolute Gasteiger partial charge is 0.410 e. The number of hydrogen-bond donors (Lipinski definition) is 0. The molecule has 0 saturated carbocycles. The zero-order valence-electron chi connectivity index (χ0n) is 18.0. The Balaban J connectivity index is 2.13. The molecule has 0 spiro atoms. The third-order valence-electron chi connectivity index (χ3n) is 4.71. The van der Waals surface area contributed by atoms with Gasteiger partial charge in [0.2, 0.25) is 0 Å². The van der Waals surface area contributed by atoms with Gasteiger partial charge in [0, 0.05) is 13.1 Å². The standard InChI is InChI=1S/C20H40NO5P/c1-6-24-27(23,25-7-2)17-11-9-8-10-12-18-13-15-21(16-14-18)19(22)26-20(3,4)5/h18H,6-17H2,1-5H3. The molecule has 0 radical (unpaired) electrons. The molecule has 0 aromatic rings. The van der Waals surface area contributed by atoms with Crippen LogP contribution >= 0.6 is 7.60 Å². The van der Waals surface area contributed by atoms with Crippen LogP contribution in [0, 0.1) is 5.92 Å². The van der Waals surface area contributed by atoms with Crippen molar-refractivity contribution >= 4 is 13.7 Å². The van der Waals surface area contributed by atoms with E-state index in [0.717, 1.165) is 45.2 Å². The Morgan fingerprint density at radius 1 is 1.00 bits per heavy atom. The van der Waals surface area contributed by atoms with E-state index in [9.17, 15) is 9.36 Å². The molecule has 7 heteroatoms. The van der Waals surface area contributed by atoms with E-state index in [1.165, 1.54) is 12.8 Å². The van der Waals surface area contributed by atoms with Crippen molar-refractivity contribution < 1.29 is 23.1 Å². The van der Waals surface area contributed by atoms with E-state index in [-0.39, 0.29) is 6.09 Å². The molecule has 1 rings (SSSR count). The Morgan fingerprint density at radius 2 is 1.56 bits per heavy atom. The van der Waals surface area contributed by atoms with Crippen LogP contribution in [0.2, 0.25) is 0 Å². The van der Waals surface area contributed by atoms with Gasteiger partial charge in [-0.1, -0.05) is 25.7 Å². The van der Waals surface area contributed by atoms with Gasteiger partial charge in [-0.15, -0.1) is 0 Å². The van der Waals surface area contributed by atoms with Gasteiger partial charge in [0.1, 0.15) is 5.60 Å². The Hall–Kier alpha value is -0.580. The number of nitrogens with zero attached hydrogens (tertiary/aromatic N) is 1. The lowest BCUT2D eigenvalue weighted by molar-refractivity contribution is 0.0180. The maximum atomic E-state index is 12.4. The first-order valence-corrected chi connectivity index (χ1v) is 12.3. The molecule has 0 aliphatic carbocycles. The largest absolute Gasteiger partial charge is 0.444 e. The molecule has 160 valence electrons. The minimum absolute atomic E-state index is 0.186. The molecule has 0 aromatic carbocycles. The van der Waals surface area contributed by atoms with Crippen molar-refractivity contribution in [1.29, 1.82) is 0 Å². The normalized spacial score (nSPS) is 16.6. The summed E-state index contributed by atoms with van der Waals surface area (Å²) in [5, 5.41) is 0. The van der Waals surface area contributed by atoms with Gasteiger partial charge in [-0.05, 0) is 59.8 Å². The number of rotatable bonds is 11. The van der Waals surface area contributed by atoms with Gasteiger partial charge in [0.15, 0.2) is 0 Å². The predicted octanol–water partition coefficient (Wildman–Crippen LogP) is 5.85. The fraction of sp³-hybridized carbons (Fsp3) is 0.950. The van der Waals surface area contributed by atoms with Crippen molar-refractivity contribution in [3.05, 3.63) is 0 Å². The third-order valence-corrected chi connectivity index (χ3v) is 6.88. The first-order valence-electron chi connectivity index (χ1n) is 10.5. The molecule has 1 fully saturated rings. The van der Waals surface area contributed by atoms with Gasteiger partial charge < -0.3 is 18.7 Å². The molecule has 1 aliphatic heterocycles. The van der Waals surface area contributed by atoms with Crippen LogP contribution < -0.4 is 0 Å². The van der Waals surface area contributed by atoms with E-state index in [2.05, 4.69) is 0 Å². The molecule has 0 N–H and O–H groups in total. The summed E-state index contributed by atoms with van der Waals surface area (Å²) in [5.74, 6) is 0.696. The van der Waals surface area contributed by atoms with Crippen LogP contribution in [0.15, 0.2) is 0 Å². The highest BCUT2D eigenvalue weighted by atomic mass is 31.2. The molecule has 0 unspecified atom stereocenters. The second-order valence-corrected chi connectivity index (χ2v) is 10.5. The Kier molecular flexibility index (Phi) is 10.9. The van der Waals surface area contributed by atoms with Crippen LogP contribution in [0.3, 0.4) is 0 Å². The Labute approximate surface area is 165 Å². The molecule has 1 amide bonds. The Bertz CT molecular complexity index is 459. The van der Waals surface area contributed by atoms with Crippen molar-refractivity contribution in [3.8, 4) is 0 Å². The summed E-state index contributed by atoms with van der Waals surface area (Å²) in [6.45, 7) is 11.9. The fourth-order valence-corrected chi connectivity index (χ4v) is 5.11. The zero-order chi connectivity index (χ0) is 20.3. The van der Waals surface area contributed by atoms with Crippen molar-refractivity contribution in [2.24, 2.45) is 5.92 Å². The summed E-state index contributed by atoms with van der Waals surface area (Å²) >= 11 is 0. The van der Waals surface area contributed by atoms with Gasteiger partial charge in [-0.2, -0.15) is 0 Å². The van der Waals surface area contributed by atoms with E-state index in [4.69, 9.17) is 13.8 Å². The maximum Gasteiger partial charge on any atom is 0.410 e. The van der Waals surface area contributed by atoms with E-state index in [1.54, 1.807) is 0 Å². The molecule has 1 saturated heterocycles. The number of amides is 1. The summed E-state index contributed by atoms with van der Waals surface area (Å²) in [6, 6.07) is 0. The lowest BCUT2D eigenvalue weighted by atomic mass is 9.91. The second-order valence-electron chi connectivity index (χ2n) is 8.28. The van der Waals surface area contributed by atoms with Crippen LogP contribution in [0.4, 0.5) is 4.79 Å². The first-order chi connectivity index (χ1) is 12.7. The van der Waals surface area contributed by atoms with Gasteiger partial charge in [0.25, 0.3) is 0 Å². The quantitative estimate of drug-likeness (QED) is 0.319. The van der Waals surface area contributed by atoms with E-state index >= 15 is 0 Å². The SMILES string of the molecule is CCOP(=O)(CCCCCCC1CCN(C(=O)OC(C)(C)C)CC1)OCC. The number of likely N-dealkylation sites (tertiary alicyclic amines) is 1. The Morgan fingerprint density at radius 3 is 2.07 bits per heavy atom. The average Bonchev–Trinajstić information content (AvgIpc) is 2.57. The third kappa shape index (κ3) is 10.5. The zero-order valence-corrected chi connectivity index (χ0v) is 18.9. The fourth-order valence-electron chi connectivity index (χ4n) is 3.38. The van der Waals surface area contributed by atoms with Crippen LogP contribution in [0.1, 0.15) is 79.6 Å². The number of carbonyl (C=O) groups excluding carboxylic acids is 1. The van der Waals surface area contributed by atoms with Crippen molar-refractivity contribution in [2.75, 3.05) is 32.5 Å². The highest BCUT2D eigenvalue weighted by Crippen LogP contribution is 2.48. The number of piperidine rings is 1. The maximum absolute atomic E-state index is 12.4. The van der Waals surface area contributed by atoms with E-state index in [0.29, 0.717) is 25.3 Å². The summed E-state index contributed by atoms with van der Waals surface area (Å²) in [6.07, 6.45) is 7.92. The molecule has 6 nitrogen and oxygen atoms in total. The monoisotopic (exact) mass is 405 g/mol. The molecule has 1 heterocycles. The molecule has 0 atom stereocenters. The number of ether oxygens (including phenoxy) is 1. The van der Waals surface area contributed by atoms with E-state index < -0.39 is 13.2 Å². The van der Waals surface area contributed by atoms with E-state index in [1.807, 2.05) is 39.5 Å². The summed E-state index contributed by atoms with van der Waals surface area (Å²) in [4.78, 5) is 13.9. The molecular formula is C20H40NO5P. The first kappa shape index (κ1) is 24.5. The lowest BCUT2D eigenvalue weighted by Gasteiger charge is -2.33. The van der Waals surface area contributed by atoms with Gasteiger partial charge in [0.05, 0.1) is 19.4 Å². The molecule has 0 bridgehead atoms. The van der Waals surface area contributed by atoms with Gasteiger partial charge >= 0.3 is 13.7 Å². The van der Waals surface area contributed by atoms with Crippen molar-refractivity contribution in [3.63, 3.8) is 0 Å². The minimum Gasteiger partial charge on any atom is -0.444 e. The topological polar surface area (TPSA) is 65.1 Å². The van der Waals surface area contributed by atoms with Crippen molar-refractivity contribution in [1.82, 2.24) is 4.90 Å². The van der Waals surface area contributed by atoms with Crippen LogP contribution in [0.5, 0.6) is 0 Å². The van der Waals surface area contributed by atoms with Crippen LogP contribution in [-0.2, 0) is 18.3 Å². The van der Waals surface area contributed by atoms with Gasteiger partial charge in [-0.25, -0.2) is 4.79 Å². The molecule has 0 aromatic heterocycles. The van der Waals surface area contributed by atoms with Crippen LogP contribution in [0.25, 0.3) is 0 Å². The molecule has 27 heavy (non-hydrogen) atoms. The number of unbranched alkanes of at least 4 members (excludes halogenated alkanes) is 3. The summed E-state index contributed by atoms with van der Waals surface area (Å²) < 4.78 is 28.5. The summed E-state index contributed by atoms with van der Waals surface area (Å²) in [5.41, 5.74) is -0.428. The second kappa shape index (κ2) is 12.1. The lowest BCUT2D eigenvalue weighted by Crippen LogP contribution is -2.41. The minimum atomic E-state index is -2.88. The average molecular weight is 406 g/mol. The highest BCUT2D eigenvalue weighted by Gasteiger charge is 2.26. The number of carbonyl (C=O) groups is 1. The van der Waals surface area contributed by atoms with Gasteiger partial charge in [-0.3, -0.25) is 4.57 Å². The highest BCUT2D eigenvalue weighted by molar-refractivity contribution is 7.53. The van der Waals surface area contributed by atoms with Crippen molar-refractivity contribution in [2.45, 2.75) is 85.2 Å². The number of hydrogen-bond acceptors (Lipinski definition) is 5. The molecule has 1 aliphatic rings.